The van der Waals surface area contributed by atoms with Crippen molar-refractivity contribution >= 4 is 40.1 Å². The SMILES string of the molecule is CCOC(=O)C1=C(C)Nc2ccccc2N=C1NC(=O)CCc1c(C)nc2c(c(OC)nn2C)c1C. The zero-order chi connectivity index (χ0) is 26.0. The Morgan fingerprint density at radius 3 is 2.64 bits per heavy atom. The van der Waals surface area contributed by atoms with Gasteiger partial charge < -0.3 is 20.1 Å². The number of fused-ring (bicyclic) bond motifs is 2. The number of allylic oxidation sites excluding steroid dienone is 1. The van der Waals surface area contributed by atoms with Gasteiger partial charge >= 0.3 is 5.97 Å². The molecule has 3 aromatic rings. The molecule has 0 saturated carbocycles. The molecule has 2 aromatic heterocycles. The number of hydrogen-bond donors (Lipinski definition) is 2. The monoisotopic (exact) mass is 490 g/mol. The van der Waals surface area contributed by atoms with Gasteiger partial charge in [-0.1, -0.05) is 12.1 Å². The number of carbonyl (C=O) groups excluding carboxylic acids is 2. The number of amides is 1. The number of pyridine rings is 1. The van der Waals surface area contributed by atoms with Crippen LogP contribution in [0.1, 0.15) is 37.1 Å². The average molecular weight is 491 g/mol. The number of aromatic nitrogens is 3. The summed E-state index contributed by atoms with van der Waals surface area (Å²) in [7, 11) is 3.40. The summed E-state index contributed by atoms with van der Waals surface area (Å²) in [6.07, 6.45) is 0.616. The minimum Gasteiger partial charge on any atom is -0.479 e. The number of rotatable bonds is 6. The van der Waals surface area contributed by atoms with E-state index in [1.165, 1.54) is 0 Å². The van der Waals surface area contributed by atoms with Crippen molar-refractivity contribution < 1.29 is 19.1 Å². The molecular weight excluding hydrogens is 460 g/mol. The number of amidine groups is 1. The molecule has 10 nitrogen and oxygen atoms in total. The van der Waals surface area contributed by atoms with Crippen LogP contribution in [0.4, 0.5) is 11.4 Å². The van der Waals surface area contributed by atoms with Crippen molar-refractivity contribution in [2.75, 3.05) is 19.0 Å². The molecule has 0 bridgehead atoms. The second-order valence-electron chi connectivity index (χ2n) is 8.50. The molecule has 4 rings (SSSR count). The fourth-order valence-corrected chi connectivity index (χ4v) is 4.38. The van der Waals surface area contributed by atoms with Crippen molar-refractivity contribution in [1.82, 2.24) is 20.1 Å². The van der Waals surface area contributed by atoms with E-state index >= 15 is 0 Å². The fourth-order valence-electron chi connectivity index (χ4n) is 4.38. The van der Waals surface area contributed by atoms with Gasteiger partial charge in [-0.25, -0.2) is 19.5 Å². The summed E-state index contributed by atoms with van der Waals surface area (Å²) in [5.74, 6) is -0.176. The third-order valence-electron chi connectivity index (χ3n) is 6.13. The normalized spacial score (nSPS) is 13.0. The quantitative estimate of drug-likeness (QED) is 0.506. The van der Waals surface area contributed by atoms with Crippen LogP contribution < -0.4 is 15.4 Å². The van der Waals surface area contributed by atoms with Crippen LogP contribution in [0.3, 0.4) is 0 Å². The number of hydrogen-bond acceptors (Lipinski definition) is 8. The maximum atomic E-state index is 13.1. The molecule has 0 radical (unpaired) electrons. The number of methoxy groups -OCH3 is 1. The lowest BCUT2D eigenvalue weighted by molar-refractivity contribution is -0.137. The van der Waals surface area contributed by atoms with Gasteiger partial charge in [-0.05, 0) is 57.4 Å². The highest BCUT2D eigenvalue weighted by molar-refractivity contribution is 6.24. The molecule has 1 aliphatic rings. The molecule has 1 aromatic carbocycles. The Morgan fingerprint density at radius 2 is 1.92 bits per heavy atom. The van der Waals surface area contributed by atoms with E-state index in [0.29, 0.717) is 23.7 Å². The number of benzene rings is 1. The largest absolute Gasteiger partial charge is 0.479 e. The van der Waals surface area contributed by atoms with Crippen LogP contribution in [-0.2, 0) is 27.8 Å². The molecule has 188 valence electrons. The van der Waals surface area contributed by atoms with Gasteiger partial charge in [0.1, 0.15) is 11.4 Å². The van der Waals surface area contributed by atoms with Gasteiger partial charge in [-0.2, -0.15) is 0 Å². The van der Waals surface area contributed by atoms with E-state index in [1.54, 1.807) is 25.6 Å². The van der Waals surface area contributed by atoms with Gasteiger partial charge in [0.15, 0.2) is 5.65 Å². The minimum absolute atomic E-state index is 0.157. The van der Waals surface area contributed by atoms with E-state index in [4.69, 9.17) is 9.47 Å². The first-order valence-electron chi connectivity index (χ1n) is 11.7. The van der Waals surface area contributed by atoms with Gasteiger partial charge in [-0.3, -0.25) is 4.79 Å². The maximum absolute atomic E-state index is 13.1. The molecule has 0 atom stereocenters. The Kier molecular flexibility index (Phi) is 7.05. The predicted octanol–water partition coefficient (Wildman–Crippen LogP) is 3.64. The molecule has 36 heavy (non-hydrogen) atoms. The number of aliphatic imine (C=N–C) groups is 1. The Hall–Kier alpha value is -4.21. The minimum atomic E-state index is -0.556. The van der Waals surface area contributed by atoms with Crippen LogP contribution >= 0.6 is 0 Å². The van der Waals surface area contributed by atoms with E-state index < -0.39 is 5.97 Å². The van der Waals surface area contributed by atoms with Crippen LogP contribution in [0, 0.1) is 13.8 Å². The van der Waals surface area contributed by atoms with Gasteiger partial charge in [0, 0.05) is 24.9 Å². The maximum Gasteiger partial charge on any atom is 0.343 e. The molecule has 3 heterocycles. The zero-order valence-electron chi connectivity index (χ0n) is 21.4. The molecule has 1 aliphatic heterocycles. The molecule has 0 spiro atoms. The molecule has 0 aliphatic carbocycles. The fraction of sp³-hybridized carbons (Fsp3) is 0.346. The van der Waals surface area contributed by atoms with Crippen molar-refractivity contribution in [3.8, 4) is 5.88 Å². The van der Waals surface area contributed by atoms with Crippen LogP contribution in [0.15, 0.2) is 40.5 Å². The number of anilines is 1. The highest BCUT2D eigenvalue weighted by atomic mass is 16.5. The molecule has 1 amide bonds. The molecule has 0 saturated heterocycles. The Bertz CT molecular complexity index is 1420. The molecule has 2 N–H and O–H groups in total. The summed E-state index contributed by atoms with van der Waals surface area (Å²) in [5, 5.41) is 11.3. The van der Waals surface area contributed by atoms with E-state index in [2.05, 4.69) is 25.7 Å². The van der Waals surface area contributed by atoms with E-state index in [9.17, 15) is 9.59 Å². The van der Waals surface area contributed by atoms with Crippen LogP contribution in [-0.4, -0.2) is 46.2 Å². The van der Waals surface area contributed by atoms with E-state index in [0.717, 1.165) is 33.5 Å². The Labute approximate surface area is 209 Å². The number of ether oxygens (including phenoxy) is 2. The summed E-state index contributed by atoms with van der Waals surface area (Å²) in [5.41, 5.74) is 5.56. The molecule has 0 unspecified atom stereocenters. The van der Waals surface area contributed by atoms with Gasteiger partial charge in [0.05, 0.1) is 30.5 Å². The van der Waals surface area contributed by atoms with Crippen molar-refractivity contribution in [2.24, 2.45) is 12.0 Å². The first-order chi connectivity index (χ1) is 17.2. The van der Waals surface area contributed by atoms with Crippen molar-refractivity contribution in [3.63, 3.8) is 0 Å². The van der Waals surface area contributed by atoms with Crippen LogP contribution in [0.25, 0.3) is 11.0 Å². The Balaban J connectivity index is 1.61. The summed E-state index contributed by atoms with van der Waals surface area (Å²) < 4.78 is 12.4. The highest BCUT2D eigenvalue weighted by Crippen LogP contribution is 2.31. The van der Waals surface area contributed by atoms with Crippen LogP contribution in [0.2, 0.25) is 0 Å². The lowest BCUT2D eigenvalue weighted by Gasteiger charge is -2.14. The van der Waals surface area contributed by atoms with Crippen LogP contribution in [0.5, 0.6) is 5.88 Å². The van der Waals surface area contributed by atoms with E-state index in [1.807, 2.05) is 45.2 Å². The van der Waals surface area contributed by atoms with Gasteiger partial charge in [-0.15, -0.1) is 5.10 Å². The van der Waals surface area contributed by atoms with Gasteiger partial charge in [0.2, 0.25) is 11.8 Å². The number of para-hydroxylation sites is 2. The second kappa shape index (κ2) is 10.2. The number of nitrogens with zero attached hydrogens (tertiary/aromatic N) is 4. The first-order valence-corrected chi connectivity index (χ1v) is 11.7. The standard InChI is InChI=1S/C26H30N6O4/c1-7-36-26(34)22-16(4)27-18-10-8-9-11-19(18)29-23(22)30-20(33)13-12-17-14(2)21-24(28-15(17)3)32(5)31-25(21)35-6/h8-11,27H,7,12-13H2,1-6H3,(H,29,30,33). The zero-order valence-corrected chi connectivity index (χ0v) is 21.4. The summed E-state index contributed by atoms with van der Waals surface area (Å²) in [6.45, 7) is 7.59. The third-order valence-corrected chi connectivity index (χ3v) is 6.13. The van der Waals surface area contributed by atoms with Crippen molar-refractivity contribution in [3.05, 3.63) is 52.4 Å². The first kappa shape index (κ1) is 24.9. The number of nitrogens with one attached hydrogen (secondary N) is 2. The number of carbonyl (C=O) groups is 2. The predicted molar refractivity (Wildman–Crippen MR) is 137 cm³/mol. The smallest absolute Gasteiger partial charge is 0.343 e. The highest BCUT2D eigenvalue weighted by Gasteiger charge is 2.26. The summed E-state index contributed by atoms with van der Waals surface area (Å²) in [4.78, 5) is 35.2. The van der Waals surface area contributed by atoms with E-state index in [-0.39, 0.29) is 30.3 Å². The number of esters is 1. The molecular formula is C26H30N6O4. The third kappa shape index (κ3) is 4.66. The van der Waals surface area contributed by atoms with Gasteiger partial charge in [0.25, 0.3) is 0 Å². The lowest BCUT2D eigenvalue weighted by Crippen LogP contribution is -2.35. The topological polar surface area (TPSA) is 120 Å². The van der Waals surface area contributed by atoms with Crippen molar-refractivity contribution in [1.29, 1.82) is 0 Å². The lowest BCUT2D eigenvalue weighted by atomic mass is 10.00. The van der Waals surface area contributed by atoms with Crippen molar-refractivity contribution in [2.45, 2.75) is 40.5 Å². The number of aryl methyl sites for hydroxylation is 3. The second-order valence-corrected chi connectivity index (χ2v) is 8.50. The molecule has 10 heteroatoms. The average Bonchev–Trinajstić information content (AvgIpc) is 3.07. The summed E-state index contributed by atoms with van der Waals surface area (Å²) in [6, 6.07) is 7.38. The molecule has 0 fully saturated rings. The Morgan fingerprint density at radius 1 is 1.17 bits per heavy atom. The summed E-state index contributed by atoms with van der Waals surface area (Å²) >= 11 is 0.